The summed E-state index contributed by atoms with van der Waals surface area (Å²) in [5.74, 6) is 2.16. The molecule has 0 atom stereocenters. The second kappa shape index (κ2) is 8.02. The molecule has 5 nitrogen and oxygen atoms in total. The van der Waals surface area contributed by atoms with Crippen molar-refractivity contribution in [3.05, 3.63) is 6.20 Å². The van der Waals surface area contributed by atoms with Gasteiger partial charge >= 0.3 is 0 Å². The lowest BCUT2D eigenvalue weighted by molar-refractivity contribution is 0.604. The van der Waals surface area contributed by atoms with Gasteiger partial charge in [0.1, 0.15) is 0 Å². The fourth-order valence-corrected chi connectivity index (χ4v) is 2.55. The van der Waals surface area contributed by atoms with E-state index in [0.29, 0.717) is 17.9 Å². The van der Waals surface area contributed by atoms with Crippen molar-refractivity contribution < 1.29 is 0 Å². The van der Waals surface area contributed by atoms with Gasteiger partial charge in [0, 0.05) is 12.6 Å². The Kier molecular flexibility index (Phi) is 6.02. The van der Waals surface area contributed by atoms with Crippen LogP contribution in [0.2, 0.25) is 0 Å². The molecule has 1 aliphatic rings. The average molecular weight is 277 g/mol. The first kappa shape index (κ1) is 15.0. The van der Waals surface area contributed by atoms with Crippen molar-refractivity contribution in [1.29, 1.82) is 0 Å². The number of hydrogen-bond donors (Lipinski definition) is 2. The Morgan fingerprint density at radius 2 is 1.95 bits per heavy atom. The summed E-state index contributed by atoms with van der Waals surface area (Å²) < 4.78 is 0. The molecule has 0 unspecified atom stereocenters. The van der Waals surface area contributed by atoms with Gasteiger partial charge in [-0.2, -0.15) is 10.1 Å². The van der Waals surface area contributed by atoms with Crippen LogP contribution in [-0.2, 0) is 0 Å². The van der Waals surface area contributed by atoms with E-state index in [1.54, 1.807) is 6.20 Å². The van der Waals surface area contributed by atoms with Gasteiger partial charge in [-0.25, -0.2) is 0 Å². The maximum absolute atomic E-state index is 4.50. The lowest BCUT2D eigenvalue weighted by atomic mass is 10.1. The average Bonchev–Trinajstić information content (AvgIpc) is 2.67. The normalized spacial score (nSPS) is 16.9. The van der Waals surface area contributed by atoms with Crippen molar-refractivity contribution in [3.63, 3.8) is 0 Å². The largest absolute Gasteiger partial charge is 0.366 e. The summed E-state index contributed by atoms with van der Waals surface area (Å²) in [6, 6.07) is 0.540. The van der Waals surface area contributed by atoms with Crippen molar-refractivity contribution in [2.24, 2.45) is 5.92 Å². The van der Waals surface area contributed by atoms with E-state index in [1.165, 1.54) is 38.5 Å². The fourth-order valence-electron chi connectivity index (χ4n) is 2.55. The van der Waals surface area contributed by atoms with Gasteiger partial charge in [0.05, 0.1) is 6.20 Å². The molecule has 2 N–H and O–H groups in total. The maximum atomic E-state index is 4.50. The number of hydrogen-bond acceptors (Lipinski definition) is 5. The standard InChI is InChI=1S/C15H27N5/c1-12(2)9-10-16-15-19-14(11-17-20-15)18-13-7-5-3-4-6-8-13/h11-13H,3-10H2,1-2H3,(H2,16,18,19,20). The minimum absolute atomic E-state index is 0.540. The summed E-state index contributed by atoms with van der Waals surface area (Å²) in [6.07, 6.45) is 10.7. The Hall–Kier alpha value is -1.39. The molecule has 1 heterocycles. The van der Waals surface area contributed by atoms with E-state index in [4.69, 9.17) is 0 Å². The molecule has 0 spiro atoms. The number of nitrogens with one attached hydrogen (secondary N) is 2. The molecule has 0 bridgehead atoms. The topological polar surface area (TPSA) is 62.7 Å². The highest BCUT2D eigenvalue weighted by molar-refractivity contribution is 5.37. The van der Waals surface area contributed by atoms with Gasteiger partial charge in [-0.3, -0.25) is 0 Å². The van der Waals surface area contributed by atoms with Crippen molar-refractivity contribution in [2.75, 3.05) is 17.2 Å². The predicted molar refractivity (Wildman–Crippen MR) is 82.9 cm³/mol. The van der Waals surface area contributed by atoms with Crippen LogP contribution in [0.4, 0.5) is 11.8 Å². The van der Waals surface area contributed by atoms with Crippen molar-refractivity contribution in [2.45, 2.75) is 64.8 Å². The Bertz CT molecular complexity index is 386. The maximum Gasteiger partial charge on any atom is 0.244 e. The van der Waals surface area contributed by atoms with Crippen LogP contribution < -0.4 is 10.6 Å². The molecule has 0 aliphatic heterocycles. The summed E-state index contributed by atoms with van der Waals surface area (Å²) >= 11 is 0. The van der Waals surface area contributed by atoms with E-state index in [2.05, 4.69) is 39.7 Å². The zero-order chi connectivity index (χ0) is 14.2. The molecule has 1 aromatic rings. The van der Waals surface area contributed by atoms with Crippen LogP contribution in [0.25, 0.3) is 0 Å². The number of aromatic nitrogens is 3. The Morgan fingerprint density at radius 3 is 2.65 bits per heavy atom. The van der Waals surface area contributed by atoms with Gasteiger partial charge in [0.2, 0.25) is 5.95 Å². The monoisotopic (exact) mass is 277 g/mol. The van der Waals surface area contributed by atoms with E-state index >= 15 is 0 Å². The van der Waals surface area contributed by atoms with Gasteiger partial charge in [0.25, 0.3) is 0 Å². The third-order valence-corrected chi connectivity index (χ3v) is 3.77. The first-order valence-corrected chi connectivity index (χ1v) is 7.94. The van der Waals surface area contributed by atoms with Crippen LogP contribution in [0.5, 0.6) is 0 Å². The van der Waals surface area contributed by atoms with Gasteiger partial charge < -0.3 is 10.6 Å². The fraction of sp³-hybridized carbons (Fsp3) is 0.800. The number of anilines is 2. The van der Waals surface area contributed by atoms with E-state index in [-0.39, 0.29) is 0 Å². The van der Waals surface area contributed by atoms with Gasteiger partial charge in [0.15, 0.2) is 5.82 Å². The third kappa shape index (κ3) is 5.31. The minimum atomic E-state index is 0.540. The quantitative estimate of drug-likeness (QED) is 0.780. The van der Waals surface area contributed by atoms with Gasteiger partial charge in [-0.1, -0.05) is 39.5 Å². The van der Waals surface area contributed by atoms with E-state index in [0.717, 1.165) is 18.8 Å². The first-order chi connectivity index (χ1) is 9.74. The second-order valence-electron chi connectivity index (χ2n) is 6.11. The smallest absolute Gasteiger partial charge is 0.244 e. The van der Waals surface area contributed by atoms with Gasteiger partial charge in [-0.05, 0) is 25.2 Å². The Morgan fingerprint density at radius 1 is 1.20 bits per heavy atom. The Labute approximate surface area is 122 Å². The molecule has 5 heteroatoms. The summed E-state index contributed by atoms with van der Waals surface area (Å²) in [6.45, 7) is 5.32. The zero-order valence-corrected chi connectivity index (χ0v) is 12.7. The molecule has 0 amide bonds. The van der Waals surface area contributed by atoms with Crippen LogP contribution in [0, 0.1) is 5.92 Å². The molecule has 1 saturated carbocycles. The summed E-state index contributed by atoms with van der Waals surface area (Å²) in [5.41, 5.74) is 0. The van der Waals surface area contributed by atoms with Crippen LogP contribution in [0.1, 0.15) is 58.8 Å². The van der Waals surface area contributed by atoms with E-state index in [1.807, 2.05) is 0 Å². The lowest BCUT2D eigenvalue weighted by Crippen LogP contribution is -2.20. The second-order valence-corrected chi connectivity index (χ2v) is 6.11. The summed E-state index contributed by atoms with van der Waals surface area (Å²) in [5, 5.41) is 14.8. The van der Waals surface area contributed by atoms with Crippen LogP contribution in [0.15, 0.2) is 6.20 Å². The first-order valence-electron chi connectivity index (χ1n) is 7.94. The number of rotatable bonds is 6. The molecular weight excluding hydrogens is 250 g/mol. The van der Waals surface area contributed by atoms with Crippen molar-refractivity contribution in [3.8, 4) is 0 Å². The highest BCUT2D eigenvalue weighted by Crippen LogP contribution is 2.20. The molecule has 1 fully saturated rings. The van der Waals surface area contributed by atoms with Crippen LogP contribution in [-0.4, -0.2) is 27.8 Å². The summed E-state index contributed by atoms with van der Waals surface area (Å²) in [7, 11) is 0. The summed E-state index contributed by atoms with van der Waals surface area (Å²) in [4.78, 5) is 4.50. The molecule has 1 aliphatic carbocycles. The molecule has 0 saturated heterocycles. The van der Waals surface area contributed by atoms with Crippen LogP contribution >= 0.6 is 0 Å². The van der Waals surface area contributed by atoms with Crippen molar-refractivity contribution in [1.82, 2.24) is 15.2 Å². The molecular formula is C15H27N5. The molecule has 20 heavy (non-hydrogen) atoms. The predicted octanol–water partition coefficient (Wildman–Crippen LogP) is 3.46. The van der Waals surface area contributed by atoms with E-state index in [9.17, 15) is 0 Å². The van der Waals surface area contributed by atoms with Crippen LogP contribution in [0.3, 0.4) is 0 Å². The molecule has 112 valence electrons. The highest BCUT2D eigenvalue weighted by atomic mass is 15.3. The number of nitrogens with zero attached hydrogens (tertiary/aromatic N) is 3. The Balaban J connectivity index is 1.84. The molecule has 0 radical (unpaired) electrons. The van der Waals surface area contributed by atoms with Gasteiger partial charge in [-0.15, -0.1) is 5.10 Å². The van der Waals surface area contributed by atoms with Crippen molar-refractivity contribution >= 4 is 11.8 Å². The lowest BCUT2D eigenvalue weighted by Gasteiger charge is -2.16. The highest BCUT2D eigenvalue weighted by Gasteiger charge is 2.12. The molecule has 2 rings (SSSR count). The van der Waals surface area contributed by atoms with E-state index < -0.39 is 0 Å². The molecule has 0 aromatic carbocycles. The zero-order valence-electron chi connectivity index (χ0n) is 12.7. The molecule has 1 aromatic heterocycles. The minimum Gasteiger partial charge on any atom is -0.366 e. The SMILES string of the molecule is CC(C)CCNc1nncc(NC2CCCCCC2)n1. The third-order valence-electron chi connectivity index (χ3n) is 3.77.